The van der Waals surface area contributed by atoms with Gasteiger partial charge in [-0.25, -0.2) is 0 Å². The van der Waals surface area contributed by atoms with Crippen molar-refractivity contribution < 1.29 is 9.76 Å². The van der Waals surface area contributed by atoms with Crippen LogP contribution in [0.2, 0.25) is 6.82 Å². The molecule has 0 aliphatic carbocycles. The molecular weight excluding hydrogens is 407 g/mol. The first-order chi connectivity index (χ1) is 16.1. The molecule has 2 aliphatic rings. The Morgan fingerprint density at radius 3 is 2.45 bits per heavy atom. The van der Waals surface area contributed by atoms with Gasteiger partial charge in [-0.1, -0.05) is 42.5 Å². The number of ether oxygens (including phenoxy) is 1. The third kappa shape index (κ3) is 4.90. The number of fused-ring (bicyclic) bond motifs is 1. The number of aliphatic imine (C=N–C) groups is 1. The van der Waals surface area contributed by atoms with Crippen LogP contribution in [-0.4, -0.2) is 35.7 Å². The van der Waals surface area contributed by atoms with Crippen molar-refractivity contribution in [3.05, 3.63) is 94.5 Å². The highest BCUT2D eigenvalue weighted by atomic mass is 16.5. The van der Waals surface area contributed by atoms with E-state index in [1.165, 1.54) is 22.3 Å². The second kappa shape index (κ2) is 9.54. The molecule has 0 aromatic heterocycles. The fourth-order valence-electron chi connectivity index (χ4n) is 5.03. The predicted octanol–water partition coefficient (Wildman–Crippen LogP) is 5.54. The standard InChI is InChI=1S/C28H31BN2O2/c1-20-16-24(22-12-14-31(15-13-22)29(2)32)17-25-18-27(30-28(20)25)23-8-10-26(11-9-23)33-19-21-6-4-3-5-7-21/h3-11,16-17,22,32H,12-15,18-19H2,1-2H3. The smallest absolute Gasteiger partial charge is 0.376 e. The van der Waals surface area contributed by atoms with E-state index in [4.69, 9.17) is 9.73 Å². The van der Waals surface area contributed by atoms with E-state index in [9.17, 15) is 5.02 Å². The van der Waals surface area contributed by atoms with E-state index in [2.05, 4.69) is 48.1 Å². The maximum absolute atomic E-state index is 9.84. The zero-order valence-electron chi connectivity index (χ0n) is 19.5. The molecule has 2 heterocycles. The number of nitrogens with zero attached hydrogens (tertiary/aromatic N) is 2. The fraction of sp³-hybridized carbons (Fsp3) is 0.321. The van der Waals surface area contributed by atoms with E-state index in [0.717, 1.165) is 55.1 Å². The van der Waals surface area contributed by atoms with Gasteiger partial charge in [0.2, 0.25) is 0 Å². The van der Waals surface area contributed by atoms with Crippen LogP contribution in [0, 0.1) is 6.92 Å². The molecule has 1 fully saturated rings. The molecule has 5 heteroatoms. The van der Waals surface area contributed by atoms with Gasteiger partial charge >= 0.3 is 7.05 Å². The maximum atomic E-state index is 9.84. The molecule has 0 saturated carbocycles. The first kappa shape index (κ1) is 21.9. The maximum Gasteiger partial charge on any atom is 0.376 e. The first-order valence-electron chi connectivity index (χ1n) is 12.0. The average molecular weight is 438 g/mol. The molecule has 0 bridgehead atoms. The van der Waals surface area contributed by atoms with Crippen LogP contribution < -0.4 is 4.74 Å². The van der Waals surface area contributed by atoms with Crippen LogP contribution in [0.25, 0.3) is 0 Å². The molecule has 3 aromatic carbocycles. The highest BCUT2D eigenvalue weighted by Gasteiger charge is 2.27. The summed E-state index contributed by atoms with van der Waals surface area (Å²) in [6.45, 7) is 6.53. The van der Waals surface area contributed by atoms with Crippen molar-refractivity contribution in [3.63, 3.8) is 0 Å². The molecule has 0 unspecified atom stereocenters. The van der Waals surface area contributed by atoms with Crippen LogP contribution in [0.5, 0.6) is 5.75 Å². The SMILES string of the molecule is CB(O)N1CCC(c2cc(C)c3c(c2)CC(c2ccc(OCc4ccccc4)cc2)=N3)CC1. The molecule has 3 aromatic rings. The largest absolute Gasteiger partial charge is 0.489 e. The number of rotatable bonds is 6. The molecule has 4 nitrogen and oxygen atoms in total. The zero-order chi connectivity index (χ0) is 22.8. The second-order valence-electron chi connectivity index (χ2n) is 9.32. The molecule has 5 rings (SSSR count). The van der Waals surface area contributed by atoms with Crippen molar-refractivity contribution in [2.45, 2.75) is 45.5 Å². The normalized spacial score (nSPS) is 16.4. The van der Waals surface area contributed by atoms with Crippen molar-refractivity contribution in [3.8, 4) is 5.75 Å². The van der Waals surface area contributed by atoms with E-state index in [1.54, 1.807) is 0 Å². The average Bonchev–Trinajstić information content (AvgIpc) is 3.29. The summed E-state index contributed by atoms with van der Waals surface area (Å²) in [6.07, 6.45) is 3.07. The van der Waals surface area contributed by atoms with E-state index >= 15 is 0 Å². The van der Waals surface area contributed by atoms with Gasteiger partial charge in [0.05, 0.1) is 11.4 Å². The monoisotopic (exact) mass is 438 g/mol. The quantitative estimate of drug-likeness (QED) is 0.514. The lowest BCUT2D eigenvalue weighted by Crippen LogP contribution is -2.42. The van der Waals surface area contributed by atoms with Crippen molar-refractivity contribution in [1.29, 1.82) is 0 Å². The van der Waals surface area contributed by atoms with Crippen molar-refractivity contribution >= 4 is 18.4 Å². The Balaban J connectivity index is 1.25. The van der Waals surface area contributed by atoms with E-state index in [-0.39, 0.29) is 7.05 Å². The number of hydrogen-bond donors (Lipinski definition) is 1. The molecule has 1 saturated heterocycles. The van der Waals surface area contributed by atoms with Crippen LogP contribution in [0.3, 0.4) is 0 Å². The summed E-state index contributed by atoms with van der Waals surface area (Å²) in [5.74, 6) is 1.44. The van der Waals surface area contributed by atoms with Crippen molar-refractivity contribution in [2.75, 3.05) is 13.1 Å². The Kier molecular flexibility index (Phi) is 6.34. The highest BCUT2D eigenvalue weighted by Crippen LogP contribution is 2.37. The Morgan fingerprint density at radius 1 is 1.03 bits per heavy atom. The topological polar surface area (TPSA) is 45.1 Å². The minimum Gasteiger partial charge on any atom is -0.489 e. The van der Waals surface area contributed by atoms with Crippen LogP contribution in [-0.2, 0) is 13.0 Å². The van der Waals surface area contributed by atoms with Gasteiger partial charge in [0, 0.05) is 6.42 Å². The molecule has 33 heavy (non-hydrogen) atoms. The molecular formula is C28H31BN2O2. The summed E-state index contributed by atoms with van der Waals surface area (Å²) < 4.78 is 5.94. The molecule has 1 N–H and O–H groups in total. The van der Waals surface area contributed by atoms with Crippen molar-refractivity contribution in [1.82, 2.24) is 4.81 Å². The Bertz CT molecular complexity index is 1130. The number of piperidine rings is 1. The zero-order valence-corrected chi connectivity index (χ0v) is 19.5. The number of hydrogen-bond acceptors (Lipinski definition) is 4. The van der Waals surface area contributed by atoms with Gasteiger partial charge in [0.25, 0.3) is 0 Å². The first-order valence-corrected chi connectivity index (χ1v) is 12.0. The molecule has 0 atom stereocenters. The van der Waals surface area contributed by atoms with Crippen LogP contribution in [0.4, 0.5) is 5.69 Å². The van der Waals surface area contributed by atoms with E-state index < -0.39 is 0 Å². The minimum absolute atomic E-state index is 0.348. The molecule has 0 spiro atoms. The molecule has 0 radical (unpaired) electrons. The summed E-state index contributed by atoms with van der Waals surface area (Å²) in [7, 11) is -0.348. The van der Waals surface area contributed by atoms with Crippen LogP contribution in [0.15, 0.2) is 71.7 Å². The minimum atomic E-state index is -0.348. The number of aryl methyl sites for hydroxylation is 1. The summed E-state index contributed by atoms with van der Waals surface area (Å²) in [5, 5.41) is 9.84. The second-order valence-corrected chi connectivity index (χ2v) is 9.32. The Morgan fingerprint density at radius 2 is 1.76 bits per heavy atom. The lowest BCUT2D eigenvalue weighted by Gasteiger charge is -2.33. The predicted molar refractivity (Wildman–Crippen MR) is 136 cm³/mol. The Labute approximate surface area is 197 Å². The van der Waals surface area contributed by atoms with Gasteiger partial charge in [0.15, 0.2) is 0 Å². The summed E-state index contributed by atoms with van der Waals surface area (Å²) in [5.41, 5.74) is 8.62. The molecule has 0 amide bonds. The summed E-state index contributed by atoms with van der Waals surface area (Å²) in [6, 6.07) is 23.2. The third-order valence-corrected chi connectivity index (χ3v) is 6.97. The van der Waals surface area contributed by atoms with E-state index in [0.29, 0.717) is 12.5 Å². The van der Waals surface area contributed by atoms with Crippen molar-refractivity contribution in [2.24, 2.45) is 4.99 Å². The lowest BCUT2D eigenvalue weighted by molar-refractivity contribution is 0.289. The van der Waals surface area contributed by atoms with Gasteiger partial charge in [-0.15, -0.1) is 0 Å². The van der Waals surface area contributed by atoms with Gasteiger partial charge in [-0.05, 0) is 97.7 Å². The summed E-state index contributed by atoms with van der Waals surface area (Å²) in [4.78, 5) is 7.16. The third-order valence-electron chi connectivity index (χ3n) is 6.97. The highest BCUT2D eigenvalue weighted by molar-refractivity contribution is 6.45. The van der Waals surface area contributed by atoms with E-state index in [1.807, 2.05) is 37.2 Å². The van der Waals surface area contributed by atoms with Crippen LogP contribution >= 0.6 is 0 Å². The van der Waals surface area contributed by atoms with Gasteiger partial charge in [-0.2, -0.15) is 0 Å². The molecule has 2 aliphatic heterocycles. The Hall–Kier alpha value is -2.89. The molecule has 168 valence electrons. The van der Waals surface area contributed by atoms with Gasteiger partial charge < -0.3 is 14.6 Å². The summed E-state index contributed by atoms with van der Waals surface area (Å²) >= 11 is 0. The van der Waals surface area contributed by atoms with Crippen LogP contribution in [0.1, 0.15) is 46.6 Å². The number of benzene rings is 3. The fourth-order valence-corrected chi connectivity index (χ4v) is 5.03. The van der Waals surface area contributed by atoms with Gasteiger partial charge in [-0.3, -0.25) is 4.99 Å². The van der Waals surface area contributed by atoms with Gasteiger partial charge in [0.1, 0.15) is 12.4 Å². The lowest BCUT2D eigenvalue weighted by atomic mass is 9.79.